The summed E-state index contributed by atoms with van der Waals surface area (Å²) in [6.07, 6.45) is 1.84. The van der Waals surface area contributed by atoms with Crippen molar-refractivity contribution in [2.45, 2.75) is 50.8 Å². The second-order valence-corrected chi connectivity index (χ2v) is 8.28. The number of hydrogen-bond donors (Lipinski definition) is 2. The van der Waals surface area contributed by atoms with Crippen LogP contribution in [0.15, 0.2) is 60.7 Å². The van der Waals surface area contributed by atoms with Crippen LogP contribution in [-0.4, -0.2) is 42.9 Å². The number of hydrogen-bond acceptors (Lipinski definition) is 6. The lowest BCUT2D eigenvalue weighted by Crippen LogP contribution is -2.56. The van der Waals surface area contributed by atoms with Crippen molar-refractivity contribution >= 4 is 23.8 Å². The first-order valence-corrected chi connectivity index (χ1v) is 11.4. The maximum atomic E-state index is 13.2. The standard InChI is InChI=1S/C26H30N2O6/c1-33-25(31)23(20-14-8-9-15-22(20)29)28-24(30)21(16-18-10-4-2-5-11-18)27-26(32)34-17-19-12-6-3-7-13-19/h2-7,10-13,20-21,23H,8-9,14-17H2,1H3,(H,27,32)(H,28,30)/t20-,21-,23-/m1/s1. The Labute approximate surface area is 199 Å². The minimum absolute atomic E-state index is 0.0493. The first kappa shape index (κ1) is 25.0. The van der Waals surface area contributed by atoms with Gasteiger partial charge < -0.3 is 20.1 Å². The van der Waals surface area contributed by atoms with Crippen LogP contribution in [0.5, 0.6) is 0 Å². The maximum Gasteiger partial charge on any atom is 0.408 e. The predicted octanol–water partition coefficient (Wildman–Crippen LogP) is 2.94. The maximum absolute atomic E-state index is 13.2. The number of esters is 1. The molecule has 2 aromatic rings. The van der Waals surface area contributed by atoms with Crippen molar-refractivity contribution in [2.75, 3.05) is 7.11 Å². The number of Topliss-reactive ketones (excluding diaryl/α,β-unsaturated/α-hetero) is 1. The van der Waals surface area contributed by atoms with Gasteiger partial charge in [0.25, 0.3) is 0 Å². The smallest absolute Gasteiger partial charge is 0.408 e. The fourth-order valence-electron chi connectivity index (χ4n) is 4.03. The fourth-order valence-corrected chi connectivity index (χ4v) is 4.03. The third-order valence-corrected chi connectivity index (χ3v) is 5.86. The number of ether oxygens (including phenoxy) is 2. The van der Waals surface area contributed by atoms with Crippen LogP contribution in [0.2, 0.25) is 0 Å². The van der Waals surface area contributed by atoms with E-state index >= 15 is 0 Å². The molecule has 2 amide bonds. The van der Waals surface area contributed by atoms with Crippen LogP contribution in [0.3, 0.4) is 0 Å². The molecule has 2 N–H and O–H groups in total. The van der Waals surface area contributed by atoms with Gasteiger partial charge in [0.15, 0.2) is 0 Å². The molecule has 2 aromatic carbocycles. The van der Waals surface area contributed by atoms with Gasteiger partial charge in [-0.3, -0.25) is 9.59 Å². The summed E-state index contributed by atoms with van der Waals surface area (Å²) in [7, 11) is 1.22. The van der Waals surface area contributed by atoms with Crippen LogP contribution in [0.4, 0.5) is 4.79 Å². The minimum Gasteiger partial charge on any atom is -0.467 e. The number of rotatable bonds is 9. The Kier molecular flexibility index (Phi) is 9.20. The lowest BCUT2D eigenvalue weighted by atomic mass is 9.82. The molecule has 0 unspecified atom stereocenters. The van der Waals surface area contributed by atoms with E-state index in [1.54, 1.807) is 0 Å². The van der Waals surface area contributed by atoms with Crippen molar-refractivity contribution in [1.29, 1.82) is 0 Å². The second kappa shape index (κ2) is 12.5. The first-order chi connectivity index (χ1) is 16.5. The van der Waals surface area contributed by atoms with E-state index in [-0.39, 0.29) is 18.8 Å². The van der Waals surface area contributed by atoms with E-state index in [1.165, 1.54) is 7.11 Å². The zero-order valence-electron chi connectivity index (χ0n) is 19.2. The molecule has 3 atom stereocenters. The van der Waals surface area contributed by atoms with Crippen LogP contribution in [0.1, 0.15) is 36.8 Å². The molecule has 34 heavy (non-hydrogen) atoms. The van der Waals surface area contributed by atoms with Crippen molar-refractivity contribution in [1.82, 2.24) is 10.6 Å². The molecule has 0 bridgehead atoms. The van der Waals surface area contributed by atoms with Gasteiger partial charge in [0, 0.05) is 18.8 Å². The Morgan fingerprint density at radius 3 is 2.21 bits per heavy atom. The molecule has 8 nitrogen and oxygen atoms in total. The van der Waals surface area contributed by atoms with Gasteiger partial charge in [0.05, 0.1) is 7.11 Å². The molecule has 3 rings (SSSR count). The third kappa shape index (κ3) is 7.16. The second-order valence-electron chi connectivity index (χ2n) is 8.28. The van der Waals surface area contributed by atoms with Gasteiger partial charge in [-0.2, -0.15) is 0 Å². The van der Waals surface area contributed by atoms with Gasteiger partial charge in [0.1, 0.15) is 24.5 Å². The topological polar surface area (TPSA) is 111 Å². The normalized spacial score (nSPS) is 17.2. The Morgan fingerprint density at radius 1 is 0.941 bits per heavy atom. The van der Waals surface area contributed by atoms with Gasteiger partial charge in [0.2, 0.25) is 5.91 Å². The number of ketones is 1. The summed E-state index contributed by atoms with van der Waals surface area (Å²) in [4.78, 5) is 50.6. The number of carbonyl (C=O) groups excluding carboxylic acids is 4. The van der Waals surface area contributed by atoms with Gasteiger partial charge in [-0.1, -0.05) is 67.1 Å². The lowest BCUT2D eigenvalue weighted by Gasteiger charge is -2.29. The molecular formula is C26H30N2O6. The van der Waals surface area contributed by atoms with E-state index in [1.807, 2.05) is 60.7 Å². The Morgan fingerprint density at radius 2 is 1.59 bits per heavy atom. The van der Waals surface area contributed by atoms with Crippen LogP contribution < -0.4 is 10.6 Å². The molecule has 1 saturated carbocycles. The number of alkyl carbamates (subject to hydrolysis) is 1. The number of carbonyl (C=O) groups is 4. The van der Waals surface area contributed by atoms with Gasteiger partial charge in [-0.15, -0.1) is 0 Å². The molecule has 1 aliphatic carbocycles. The van der Waals surface area contributed by atoms with Crippen LogP contribution in [0.25, 0.3) is 0 Å². The largest absolute Gasteiger partial charge is 0.467 e. The van der Waals surface area contributed by atoms with E-state index in [0.717, 1.165) is 24.0 Å². The molecule has 180 valence electrons. The number of benzene rings is 2. The molecule has 0 aliphatic heterocycles. The summed E-state index contributed by atoms with van der Waals surface area (Å²) < 4.78 is 10.1. The Hall–Kier alpha value is -3.68. The highest BCUT2D eigenvalue weighted by Crippen LogP contribution is 2.24. The molecular weight excluding hydrogens is 436 g/mol. The number of amides is 2. The summed E-state index contributed by atoms with van der Waals surface area (Å²) in [6, 6.07) is 16.2. The van der Waals surface area contributed by atoms with Crippen molar-refractivity contribution in [3.8, 4) is 0 Å². The molecule has 0 heterocycles. The highest BCUT2D eigenvalue weighted by molar-refractivity contribution is 5.94. The van der Waals surface area contributed by atoms with E-state index in [4.69, 9.17) is 9.47 Å². The van der Waals surface area contributed by atoms with E-state index in [0.29, 0.717) is 12.8 Å². The van der Waals surface area contributed by atoms with Crippen molar-refractivity contribution in [3.63, 3.8) is 0 Å². The average molecular weight is 467 g/mol. The minimum atomic E-state index is -1.11. The molecule has 0 spiro atoms. The average Bonchev–Trinajstić information content (AvgIpc) is 2.87. The Bertz CT molecular complexity index is 979. The molecule has 0 aromatic heterocycles. The highest BCUT2D eigenvalue weighted by atomic mass is 16.5. The van der Waals surface area contributed by atoms with Gasteiger partial charge in [-0.25, -0.2) is 9.59 Å². The van der Waals surface area contributed by atoms with Crippen LogP contribution in [-0.2, 0) is 36.9 Å². The van der Waals surface area contributed by atoms with E-state index < -0.39 is 36.0 Å². The number of nitrogens with one attached hydrogen (secondary N) is 2. The van der Waals surface area contributed by atoms with Crippen molar-refractivity contribution in [3.05, 3.63) is 71.8 Å². The van der Waals surface area contributed by atoms with Crippen LogP contribution in [0, 0.1) is 5.92 Å². The first-order valence-electron chi connectivity index (χ1n) is 11.4. The Balaban J connectivity index is 1.72. The third-order valence-electron chi connectivity index (χ3n) is 5.86. The molecule has 1 fully saturated rings. The zero-order valence-corrected chi connectivity index (χ0v) is 19.2. The van der Waals surface area contributed by atoms with Crippen molar-refractivity contribution < 1.29 is 28.7 Å². The van der Waals surface area contributed by atoms with Crippen LogP contribution >= 0.6 is 0 Å². The summed E-state index contributed by atoms with van der Waals surface area (Å²) in [6.45, 7) is 0.0493. The summed E-state index contributed by atoms with van der Waals surface area (Å²) in [5.74, 6) is -1.99. The quantitative estimate of drug-likeness (QED) is 0.550. The van der Waals surface area contributed by atoms with E-state index in [9.17, 15) is 19.2 Å². The lowest BCUT2D eigenvalue weighted by molar-refractivity contribution is -0.149. The highest BCUT2D eigenvalue weighted by Gasteiger charge is 2.38. The summed E-state index contributed by atoms with van der Waals surface area (Å²) in [5, 5.41) is 5.26. The SMILES string of the molecule is COC(=O)[C@H](NC(=O)[C@@H](Cc1ccccc1)NC(=O)OCc1ccccc1)[C@@H]1CCCCC1=O. The van der Waals surface area contributed by atoms with Gasteiger partial charge in [-0.05, 0) is 24.0 Å². The summed E-state index contributed by atoms with van der Waals surface area (Å²) >= 11 is 0. The van der Waals surface area contributed by atoms with Gasteiger partial charge >= 0.3 is 12.1 Å². The molecule has 0 radical (unpaired) electrons. The zero-order chi connectivity index (χ0) is 24.3. The molecule has 0 saturated heterocycles. The molecule has 1 aliphatic rings. The van der Waals surface area contributed by atoms with Crippen molar-refractivity contribution in [2.24, 2.45) is 5.92 Å². The number of methoxy groups -OCH3 is 1. The predicted molar refractivity (Wildman–Crippen MR) is 125 cm³/mol. The molecule has 8 heteroatoms. The van der Waals surface area contributed by atoms with E-state index in [2.05, 4.69) is 10.6 Å². The summed E-state index contributed by atoms with van der Waals surface area (Å²) in [5.41, 5.74) is 1.62. The monoisotopic (exact) mass is 466 g/mol. The fraction of sp³-hybridized carbons (Fsp3) is 0.385.